The molecule has 1 saturated heterocycles. The lowest BCUT2D eigenvalue weighted by molar-refractivity contribution is 0.0986. The number of nitrogens with zero attached hydrogens (tertiary/aromatic N) is 1. The van der Waals surface area contributed by atoms with Crippen LogP contribution in [0.1, 0.15) is 61.3 Å². The average Bonchev–Trinajstić information content (AvgIpc) is 2.23. The Morgan fingerprint density at radius 1 is 1.00 bits per heavy atom. The molecule has 96 valence electrons. The number of likely N-dealkylation sites (tertiary alicyclic amines) is 1. The van der Waals surface area contributed by atoms with E-state index in [4.69, 9.17) is 0 Å². The SMILES string of the molecule is CC1CN(C(C)(C)C)CCCC1C(C)(C)C. The maximum atomic E-state index is 2.67. The number of hydrogen-bond acceptors (Lipinski definition) is 1. The van der Waals surface area contributed by atoms with E-state index in [1.54, 1.807) is 0 Å². The first-order chi connectivity index (χ1) is 7.12. The lowest BCUT2D eigenvalue weighted by atomic mass is 9.72. The molecule has 1 aliphatic heterocycles. The molecule has 2 unspecified atom stereocenters. The molecule has 1 nitrogen and oxygen atoms in total. The van der Waals surface area contributed by atoms with Gasteiger partial charge in [-0.25, -0.2) is 0 Å². The van der Waals surface area contributed by atoms with E-state index in [0.29, 0.717) is 11.0 Å². The summed E-state index contributed by atoms with van der Waals surface area (Å²) in [5.41, 5.74) is 0.800. The van der Waals surface area contributed by atoms with E-state index in [0.717, 1.165) is 11.8 Å². The summed E-state index contributed by atoms with van der Waals surface area (Å²) in [7, 11) is 0. The van der Waals surface area contributed by atoms with Gasteiger partial charge < -0.3 is 0 Å². The predicted octanol–water partition coefficient (Wildman–Crippen LogP) is 4.18. The molecule has 1 heterocycles. The Hall–Kier alpha value is -0.0400. The van der Waals surface area contributed by atoms with E-state index in [1.165, 1.54) is 25.9 Å². The predicted molar refractivity (Wildman–Crippen MR) is 72.7 cm³/mol. The molecule has 0 spiro atoms. The minimum atomic E-state index is 0.334. The summed E-state index contributed by atoms with van der Waals surface area (Å²) in [4.78, 5) is 2.67. The molecular weight excluding hydrogens is 194 g/mol. The molecule has 2 atom stereocenters. The fourth-order valence-corrected chi connectivity index (χ4v) is 3.25. The van der Waals surface area contributed by atoms with E-state index in [9.17, 15) is 0 Å². The third-order valence-electron chi connectivity index (χ3n) is 4.20. The van der Waals surface area contributed by atoms with Crippen molar-refractivity contribution < 1.29 is 0 Å². The number of rotatable bonds is 0. The Labute approximate surface area is 103 Å². The minimum Gasteiger partial charge on any atom is -0.298 e. The highest BCUT2D eigenvalue weighted by molar-refractivity contribution is 4.87. The quantitative estimate of drug-likeness (QED) is 0.598. The fraction of sp³-hybridized carbons (Fsp3) is 1.00. The van der Waals surface area contributed by atoms with Crippen molar-refractivity contribution in [2.45, 2.75) is 66.8 Å². The topological polar surface area (TPSA) is 3.24 Å². The van der Waals surface area contributed by atoms with E-state index < -0.39 is 0 Å². The van der Waals surface area contributed by atoms with Crippen molar-refractivity contribution in [2.75, 3.05) is 13.1 Å². The lowest BCUT2D eigenvalue weighted by Crippen LogP contribution is -2.44. The van der Waals surface area contributed by atoms with Gasteiger partial charge in [-0.2, -0.15) is 0 Å². The van der Waals surface area contributed by atoms with Crippen molar-refractivity contribution in [2.24, 2.45) is 17.3 Å². The normalized spacial score (nSPS) is 30.2. The van der Waals surface area contributed by atoms with Crippen molar-refractivity contribution >= 4 is 0 Å². The summed E-state index contributed by atoms with van der Waals surface area (Å²) in [5, 5.41) is 0. The monoisotopic (exact) mass is 225 g/mol. The van der Waals surface area contributed by atoms with Crippen LogP contribution in [0.3, 0.4) is 0 Å². The third kappa shape index (κ3) is 3.48. The number of hydrogen-bond donors (Lipinski definition) is 0. The molecule has 0 aromatic heterocycles. The van der Waals surface area contributed by atoms with Crippen LogP contribution in [0.5, 0.6) is 0 Å². The zero-order valence-electron chi connectivity index (χ0n) is 12.4. The first-order valence-corrected chi connectivity index (χ1v) is 6.87. The van der Waals surface area contributed by atoms with Gasteiger partial charge in [0, 0.05) is 12.1 Å². The van der Waals surface area contributed by atoms with Gasteiger partial charge in [0.15, 0.2) is 0 Å². The van der Waals surface area contributed by atoms with Gasteiger partial charge in [0.2, 0.25) is 0 Å². The van der Waals surface area contributed by atoms with E-state index in [-0.39, 0.29) is 0 Å². The Bertz CT molecular complexity index is 219. The molecular formula is C15H31N. The highest BCUT2D eigenvalue weighted by atomic mass is 15.2. The van der Waals surface area contributed by atoms with Crippen molar-refractivity contribution in [1.29, 1.82) is 0 Å². The van der Waals surface area contributed by atoms with Gasteiger partial charge in [0.25, 0.3) is 0 Å². The molecule has 1 rings (SSSR count). The van der Waals surface area contributed by atoms with Crippen molar-refractivity contribution in [3.63, 3.8) is 0 Å². The molecule has 1 heteroatoms. The lowest BCUT2D eigenvalue weighted by Gasteiger charge is -2.39. The standard InChI is InChI=1S/C15H31N/c1-12-11-16(15(5,6)7)10-8-9-13(12)14(2,3)4/h12-13H,8-11H2,1-7H3. The second-order valence-electron chi connectivity index (χ2n) is 7.71. The zero-order valence-corrected chi connectivity index (χ0v) is 12.4. The van der Waals surface area contributed by atoms with Crippen LogP contribution in [0, 0.1) is 17.3 Å². The first kappa shape index (κ1) is 14.0. The van der Waals surface area contributed by atoms with E-state index >= 15 is 0 Å². The van der Waals surface area contributed by atoms with Crippen molar-refractivity contribution in [1.82, 2.24) is 4.90 Å². The second-order valence-corrected chi connectivity index (χ2v) is 7.71. The molecule has 0 N–H and O–H groups in total. The van der Waals surface area contributed by atoms with E-state index in [2.05, 4.69) is 53.4 Å². The van der Waals surface area contributed by atoms with Crippen LogP contribution in [-0.2, 0) is 0 Å². The molecule has 0 amide bonds. The van der Waals surface area contributed by atoms with Crippen molar-refractivity contribution in [3.05, 3.63) is 0 Å². The van der Waals surface area contributed by atoms with Gasteiger partial charge >= 0.3 is 0 Å². The van der Waals surface area contributed by atoms with Crippen LogP contribution >= 0.6 is 0 Å². The maximum absolute atomic E-state index is 2.67. The van der Waals surface area contributed by atoms with Gasteiger partial charge in [-0.05, 0) is 57.4 Å². The average molecular weight is 225 g/mol. The van der Waals surface area contributed by atoms with Crippen molar-refractivity contribution in [3.8, 4) is 0 Å². The molecule has 1 fully saturated rings. The Balaban J connectivity index is 2.73. The summed E-state index contributed by atoms with van der Waals surface area (Å²) in [6.45, 7) is 19.2. The Morgan fingerprint density at radius 2 is 1.56 bits per heavy atom. The largest absolute Gasteiger partial charge is 0.298 e. The Kier molecular flexibility index (Phi) is 4.10. The van der Waals surface area contributed by atoms with Crippen LogP contribution in [0.15, 0.2) is 0 Å². The van der Waals surface area contributed by atoms with Gasteiger partial charge in [-0.1, -0.05) is 27.7 Å². The van der Waals surface area contributed by atoms with Gasteiger partial charge in [-0.15, -0.1) is 0 Å². The van der Waals surface area contributed by atoms with Crippen LogP contribution in [0.25, 0.3) is 0 Å². The third-order valence-corrected chi connectivity index (χ3v) is 4.20. The summed E-state index contributed by atoms with van der Waals surface area (Å²) in [5.74, 6) is 1.70. The molecule has 0 aliphatic carbocycles. The first-order valence-electron chi connectivity index (χ1n) is 6.87. The zero-order chi connectivity index (χ0) is 12.6. The summed E-state index contributed by atoms with van der Waals surface area (Å²) in [6.07, 6.45) is 2.76. The molecule has 16 heavy (non-hydrogen) atoms. The minimum absolute atomic E-state index is 0.334. The molecule has 0 saturated carbocycles. The van der Waals surface area contributed by atoms with E-state index in [1.807, 2.05) is 0 Å². The molecule has 0 aromatic rings. The second kappa shape index (κ2) is 4.68. The molecule has 0 bridgehead atoms. The fourth-order valence-electron chi connectivity index (χ4n) is 3.25. The van der Waals surface area contributed by atoms with Gasteiger partial charge in [-0.3, -0.25) is 4.90 Å². The Morgan fingerprint density at radius 3 is 2.00 bits per heavy atom. The molecule has 1 aliphatic rings. The maximum Gasteiger partial charge on any atom is 0.0125 e. The highest BCUT2D eigenvalue weighted by Crippen LogP contribution is 2.38. The summed E-state index contributed by atoms with van der Waals surface area (Å²) in [6, 6.07) is 0. The molecule has 0 radical (unpaired) electrons. The summed E-state index contributed by atoms with van der Waals surface area (Å²) < 4.78 is 0. The van der Waals surface area contributed by atoms with Crippen LogP contribution in [-0.4, -0.2) is 23.5 Å². The smallest absolute Gasteiger partial charge is 0.0125 e. The van der Waals surface area contributed by atoms with Crippen LogP contribution < -0.4 is 0 Å². The van der Waals surface area contributed by atoms with Crippen LogP contribution in [0.4, 0.5) is 0 Å². The molecule has 0 aromatic carbocycles. The van der Waals surface area contributed by atoms with Gasteiger partial charge in [0.1, 0.15) is 0 Å². The van der Waals surface area contributed by atoms with Crippen LogP contribution in [0.2, 0.25) is 0 Å². The van der Waals surface area contributed by atoms with Gasteiger partial charge in [0.05, 0.1) is 0 Å². The highest BCUT2D eigenvalue weighted by Gasteiger charge is 2.34. The summed E-state index contributed by atoms with van der Waals surface area (Å²) >= 11 is 0.